The number of urea groups is 1. The number of carboxylic acids is 1. The monoisotopic (exact) mass is 320 g/mol. The molecule has 5 heteroatoms. The van der Waals surface area contributed by atoms with Crippen LogP contribution in [0.2, 0.25) is 0 Å². The molecule has 0 aliphatic carbocycles. The highest BCUT2D eigenvalue weighted by Crippen LogP contribution is 2.09. The third-order valence-corrected chi connectivity index (χ3v) is 3.99. The SMILES string of the molecule is CCC(C)CN(C)C(=O)NC(CCC(=O)O)Cc1ccccc1. The summed E-state index contributed by atoms with van der Waals surface area (Å²) in [6.45, 7) is 4.90. The van der Waals surface area contributed by atoms with Gasteiger partial charge in [-0.25, -0.2) is 4.79 Å². The van der Waals surface area contributed by atoms with Crippen molar-refractivity contribution in [1.29, 1.82) is 0 Å². The maximum absolute atomic E-state index is 12.3. The van der Waals surface area contributed by atoms with Crippen molar-refractivity contribution in [2.45, 2.75) is 45.6 Å². The lowest BCUT2D eigenvalue weighted by Crippen LogP contribution is -2.45. The van der Waals surface area contributed by atoms with Crippen molar-refractivity contribution in [3.8, 4) is 0 Å². The van der Waals surface area contributed by atoms with Crippen molar-refractivity contribution in [3.05, 3.63) is 35.9 Å². The first kappa shape index (κ1) is 19.0. The average Bonchev–Trinajstić information content (AvgIpc) is 2.53. The fraction of sp³-hybridized carbons (Fsp3) is 0.556. The number of rotatable bonds is 9. The number of aliphatic carboxylic acids is 1. The van der Waals surface area contributed by atoms with Gasteiger partial charge in [0.05, 0.1) is 0 Å². The molecule has 5 nitrogen and oxygen atoms in total. The van der Waals surface area contributed by atoms with Crippen LogP contribution in [0.3, 0.4) is 0 Å². The summed E-state index contributed by atoms with van der Waals surface area (Å²) in [6, 6.07) is 9.48. The summed E-state index contributed by atoms with van der Waals surface area (Å²) in [5.74, 6) is -0.400. The molecular formula is C18H28N2O3. The average molecular weight is 320 g/mol. The minimum Gasteiger partial charge on any atom is -0.481 e. The molecule has 2 unspecified atom stereocenters. The number of carbonyl (C=O) groups is 2. The van der Waals surface area contributed by atoms with E-state index in [2.05, 4.69) is 19.2 Å². The largest absolute Gasteiger partial charge is 0.481 e. The maximum atomic E-state index is 12.3. The summed E-state index contributed by atoms with van der Waals surface area (Å²) in [6.07, 6.45) is 2.13. The van der Waals surface area contributed by atoms with E-state index in [0.29, 0.717) is 25.3 Å². The maximum Gasteiger partial charge on any atom is 0.317 e. The first-order chi connectivity index (χ1) is 10.9. The Labute approximate surface area is 138 Å². The Balaban J connectivity index is 2.64. The molecule has 0 saturated heterocycles. The van der Waals surface area contributed by atoms with Crippen LogP contribution in [-0.4, -0.2) is 41.6 Å². The van der Waals surface area contributed by atoms with Crippen LogP contribution in [0.5, 0.6) is 0 Å². The highest BCUT2D eigenvalue weighted by molar-refractivity contribution is 5.74. The fourth-order valence-electron chi connectivity index (χ4n) is 2.39. The van der Waals surface area contributed by atoms with E-state index in [-0.39, 0.29) is 18.5 Å². The van der Waals surface area contributed by atoms with Crippen LogP contribution in [0.4, 0.5) is 4.79 Å². The van der Waals surface area contributed by atoms with Gasteiger partial charge in [0.25, 0.3) is 0 Å². The Hall–Kier alpha value is -2.04. The standard InChI is InChI=1S/C18H28N2O3/c1-4-14(2)13-20(3)18(23)19-16(10-11-17(21)22)12-15-8-6-5-7-9-15/h5-9,14,16H,4,10-13H2,1-3H3,(H,19,23)(H,21,22). The van der Waals surface area contributed by atoms with E-state index in [1.165, 1.54) is 0 Å². The third kappa shape index (κ3) is 7.68. The number of hydrogen-bond acceptors (Lipinski definition) is 2. The Bertz CT molecular complexity index is 490. The lowest BCUT2D eigenvalue weighted by atomic mass is 10.0. The number of carbonyl (C=O) groups excluding carboxylic acids is 1. The fourth-order valence-corrected chi connectivity index (χ4v) is 2.39. The molecule has 1 rings (SSSR count). The van der Waals surface area contributed by atoms with Gasteiger partial charge >= 0.3 is 12.0 Å². The topological polar surface area (TPSA) is 69.6 Å². The van der Waals surface area contributed by atoms with Crippen molar-refractivity contribution < 1.29 is 14.7 Å². The van der Waals surface area contributed by atoms with Gasteiger partial charge in [-0.2, -0.15) is 0 Å². The summed E-state index contributed by atoms with van der Waals surface area (Å²) < 4.78 is 0. The van der Waals surface area contributed by atoms with Gasteiger partial charge < -0.3 is 15.3 Å². The molecule has 23 heavy (non-hydrogen) atoms. The summed E-state index contributed by atoms with van der Waals surface area (Å²) in [5.41, 5.74) is 1.09. The van der Waals surface area contributed by atoms with E-state index >= 15 is 0 Å². The summed E-state index contributed by atoms with van der Waals surface area (Å²) in [7, 11) is 1.78. The van der Waals surface area contributed by atoms with Crippen molar-refractivity contribution in [2.75, 3.05) is 13.6 Å². The number of hydrogen-bond donors (Lipinski definition) is 2. The molecule has 0 fully saturated rings. The predicted octanol–water partition coefficient (Wildman–Crippen LogP) is 3.15. The second-order valence-electron chi connectivity index (χ2n) is 6.16. The van der Waals surface area contributed by atoms with Gasteiger partial charge in [-0.05, 0) is 24.3 Å². The molecule has 2 N–H and O–H groups in total. The normalized spacial score (nSPS) is 13.2. The third-order valence-electron chi connectivity index (χ3n) is 3.99. The van der Waals surface area contributed by atoms with Crippen LogP contribution in [0.25, 0.3) is 0 Å². The number of nitrogens with one attached hydrogen (secondary N) is 1. The zero-order valence-electron chi connectivity index (χ0n) is 14.3. The molecule has 0 saturated carbocycles. The zero-order chi connectivity index (χ0) is 17.2. The molecule has 1 aromatic rings. The first-order valence-electron chi connectivity index (χ1n) is 8.19. The number of carboxylic acid groups (broad SMARTS) is 1. The van der Waals surface area contributed by atoms with E-state index in [0.717, 1.165) is 12.0 Å². The van der Waals surface area contributed by atoms with Gasteiger partial charge in [0, 0.05) is 26.1 Å². The van der Waals surface area contributed by atoms with Crippen LogP contribution in [-0.2, 0) is 11.2 Å². The van der Waals surface area contributed by atoms with E-state index < -0.39 is 5.97 Å². The minimum absolute atomic E-state index is 0.0485. The molecule has 128 valence electrons. The van der Waals surface area contributed by atoms with E-state index in [1.54, 1.807) is 11.9 Å². The molecule has 1 aromatic carbocycles. The minimum atomic E-state index is -0.842. The van der Waals surface area contributed by atoms with Crippen LogP contribution < -0.4 is 5.32 Å². The molecule has 0 bridgehead atoms. The Kier molecular flexibility index (Phi) is 8.16. The lowest BCUT2D eigenvalue weighted by Gasteiger charge is -2.25. The summed E-state index contributed by atoms with van der Waals surface area (Å²) in [5, 5.41) is 11.9. The van der Waals surface area contributed by atoms with E-state index in [9.17, 15) is 9.59 Å². The van der Waals surface area contributed by atoms with Crippen LogP contribution in [0.1, 0.15) is 38.7 Å². The molecule has 2 amide bonds. The number of amides is 2. The second-order valence-corrected chi connectivity index (χ2v) is 6.16. The molecule has 0 heterocycles. The van der Waals surface area contributed by atoms with E-state index in [4.69, 9.17) is 5.11 Å². The molecule has 0 spiro atoms. The number of benzene rings is 1. The van der Waals surface area contributed by atoms with Crippen molar-refractivity contribution >= 4 is 12.0 Å². The molecule has 2 atom stereocenters. The van der Waals surface area contributed by atoms with E-state index in [1.807, 2.05) is 30.3 Å². The first-order valence-corrected chi connectivity index (χ1v) is 8.19. The lowest BCUT2D eigenvalue weighted by molar-refractivity contribution is -0.137. The predicted molar refractivity (Wildman–Crippen MR) is 91.4 cm³/mol. The molecule has 0 aliphatic rings. The molecule has 0 aliphatic heterocycles. The van der Waals surface area contributed by atoms with Crippen molar-refractivity contribution in [1.82, 2.24) is 10.2 Å². The highest BCUT2D eigenvalue weighted by atomic mass is 16.4. The van der Waals surface area contributed by atoms with Crippen LogP contribution >= 0.6 is 0 Å². The van der Waals surface area contributed by atoms with Gasteiger partial charge in [0.15, 0.2) is 0 Å². The van der Waals surface area contributed by atoms with Crippen LogP contribution in [0, 0.1) is 5.92 Å². The summed E-state index contributed by atoms with van der Waals surface area (Å²) >= 11 is 0. The molecular weight excluding hydrogens is 292 g/mol. The second kappa shape index (κ2) is 9.87. The van der Waals surface area contributed by atoms with Gasteiger partial charge in [-0.15, -0.1) is 0 Å². The van der Waals surface area contributed by atoms with Gasteiger partial charge in [0.1, 0.15) is 0 Å². The Morgan fingerprint density at radius 1 is 1.26 bits per heavy atom. The Morgan fingerprint density at radius 2 is 1.91 bits per heavy atom. The molecule has 0 radical (unpaired) electrons. The van der Waals surface area contributed by atoms with Crippen molar-refractivity contribution in [2.24, 2.45) is 5.92 Å². The summed E-state index contributed by atoms with van der Waals surface area (Å²) in [4.78, 5) is 24.8. The quantitative estimate of drug-likeness (QED) is 0.734. The smallest absolute Gasteiger partial charge is 0.317 e. The van der Waals surface area contributed by atoms with Crippen molar-refractivity contribution in [3.63, 3.8) is 0 Å². The number of nitrogens with zero attached hydrogens (tertiary/aromatic N) is 1. The molecule has 0 aromatic heterocycles. The zero-order valence-corrected chi connectivity index (χ0v) is 14.3. The van der Waals surface area contributed by atoms with Gasteiger partial charge in [-0.3, -0.25) is 4.79 Å². The highest BCUT2D eigenvalue weighted by Gasteiger charge is 2.18. The van der Waals surface area contributed by atoms with Gasteiger partial charge in [0.2, 0.25) is 0 Å². The Morgan fingerprint density at radius 3 is 2.48 bits per heavy atom. The van der Waals surface area contributed by atoms with Crippen LogP contribution in [0.15, 0.2) is 30.3 Å². The van der Waals surface area contributed by atoms with Gasteiger partial charge in [-0.1, -0.05) is 50.6 Å².